The normalized spacial score (nSPS) is 13.5. The minimum Gasteiger partial charge on any atom is -0.469 e. The molecule has 0 aliphatic rings. The van der Waals surface area contributed by atoms with Crippen molar-refractivity contribution in [2.45, 2.75) is 33.7 Å². The minimum absolute atomic E-state index is 0.151. The second-order valence-electron chi connectivity index (χ2n) is 4.79. The quantitative estimate of drug-likeness (QED) is 0.821. The van der Waals surface area contributed by atoms with Crippen LogP contribution in [0, 0.1) is 12.3 Å². The van der Waals surface area contributed by atoms with Gasteiger partial charge in [-0.3, -0.25) is 4.79 Å². The van der Waals surface area contributed by atoms with Gasteiger partial charge in [-0.2, -0.15) is 0 Å². The highest BCUT2D eigenvalue weighted by Crippen LogP contribution is 2.21. The Hall–Kier alpha value is -0.940. The highest BCUT2D eigenvalue weighted by Gasteiger charge is 2.29. The first kappa shape index (κ1) is 14.1. The molecule has 0 saturated heterocycles. The number of aryl methyl sites for hydroxylation is 1. The van der Waals surface area contributed by atoms with Gasteiger partial charge in [-0.1, -0.05) is 0 Å². The highest BCUT2D eigenvalue weighted by molar-refractivity contribution is 7.11. The Morgan fingerprint density at radius 3 is 2.76 bits per heavy atom. The van der Waals surface area contributed by atoms with Crippen molar-refractivity contribution in [1.29, 1.82) is 0 Å². The third-order valence-electron chi connectivity index (χ3n) is 2.60. The minimum atomic E-state index is -0.519. The Bertz CT molecular complexity index is 388. The van der Waals surface area contributed by atoms with E-state index in [-0.39, 0.29) is 12.0 Å². The molecule has 1 rings (SSSR count). The lowest BCUT2D eigenvalue weighted by Crippen LogP contribution is -2.37. The number of hydrogen-bond donors (Lipinski definition) is 1. The first-order valence-electron chi connectivity index (χ1n) is 5.61. The van der Waals surface area contributed by atoms with Crippen molar-refractivity contribution >= 4 is 17.3 Å². The van der Waals surface area contributed by atoms with Gasteiger partial charge >= 0.3 is 5.97 Å². The van der Waals surface area contributed by atoms with E-state index in [0.29, 0.717) is 6.54 Å². The average molecular weight is 256 g/mol. The number of nitrogens with one attached hydrogen (secondary N) is 1. The first-order chi connectivity index (χ1) is 7.86. The fraction of sp³-hybridized carbons (Fsp3) is 0.667. The summed E-state index contributed by atoms with van der Waals surface area (Å²) in [6.07, 6.45) is 1.86. The monoisotopic (exact) mass is 256 g/mol. The predicted molar refractivity (Wildman–Crippen MR) is 69.1 cm³/mol. The summed E-state index contributed by atoms with van der Waals surface area (Å²) in [5, 5.41) is 4.36. The molecule has 17 heavy (non-hydrogen) atoms. The van der Waals surface area contributed by atoms with Crippen LogP contribution in [0.1, 0.15) is 36.7 Å². The van der Waals surface area contributed by atoms with Crippen molar-refractivity contribution in [3.8, 4) is 0 Å². The molecule has 96 valence electrons. The highest BCUT2D eigenvalue weighted by atomic mass is 32.1. The van der Waals surface area contributed by atoms with Crippen molar-refractivity contribution in [2.24, 2.45) is 5.41 Å². The van der Waals surface area contributed by atoms with E-state index in [2.05, 4.69) is 10.3 Å². The molecule has 1 unspecified atom stereocenters. The van der Waals surface area contributed by atoms with Crippen LogP contribution in [0.25, 0.3) is 0 Å². The third kappa shape index (κ3) is 3.78. The van der Waals surface area contributed by atoms with E-state index >= 15 is 0 Å². The summed E-state index contributed by atoms with van der Waals surface area (Å²) in [5.41, 5.74) is -0.519. The molecule has 0 aromatic carbocycles. The van der Waals surface area contributed by atoms with Crippen LogP contribution in [0.15, 0.2) is 6.20 Å². The summed E-state index contributed by atoms with van der Waals surface area (Å²) in [5.74, 6) is -0.201. The summed E-state index contributed by atoms with van der Waals surface area (Å²) in [6, 6.07) is 0.151. The van der Waals surface area contributed by atoms with E-state index in [0.717, 1.165) is 5.01 Å². The second-order valence-corrected chi connectivity index (χ2v) is 6.05. The molecule has 1 aromatic rings. The van der Waals surface area contributed by atoms with Gasteiger partial charge in [-0.25, -0.2) is 4.98 Å². The maximum atomic E-state index is 11.5. The summed E-state index contributed by atoms with van der Waals surface area (Å²) in [4.78, 5) is 17.0. The number of aromatic nitrogens is 1. The Kier molecular flexibility index (Phi) is 4.65. The van der Waals surface area contributed by atoms with Crippen LogP contribution in [-0.2, 0) is 9.53 Å². The maximum absolute atomic E-state index is 11.5. The number of thiazole rings is 1. The first-order valence-corrected chi connectivity index (χ1v) is 6.42. The van der Waals surface area contributed by atoms with Crippen LogP contribution < -0.4 is 5.32 Å². The smallest absolute Gasteiger partial charge is 0.312 e. The number of methoxy groups -OCH3 is 1. The topological polar surface area (TPSA) is 51.2 Å². The Morgan fingerprint density at radius 2 is 2.29 bits per heavy atom. The molecular weight excluding hydrogens is 236 g/mol. The molecule has 0 amide bonds. The van der Waals surface area contributed by atoms with Gasteiger partial charge in [0.1, 0.15) is 5.01 Å². The van der Waals surface area contributed by atoms with Crippen LogP contribution in [0.5, 0.6) is 0 Å². The van der Waals surface area contributed by atoms with Crippen molar-refractivity contribution in [3.63, 3.8) is 0 Å². The Labute approximate surface area is 106 Å². The van der Waals surface area contributed by atoms with E-state index in [9.17, 15) is 4.79 Å². The molecule has 4 nitrogen and oxygen atoms in total. The van der Waals surface area contributed by atoms with Crippen LogP contribution in [-0.4, -0.2) is 24.6 Å². The summed E-state index contributed by atoms with van der Waals surface area (Å²) in [6.45, 7) is 8.38. The van der Waals surface area contributed by atoms with Crippen LogP contribution in [0.4, 0.5) is 0 Å². The van der Waals surface area contributed by atoms with E-state index in [1.54, 1.807) is 11.3 Å². The van der Waals surface area contributed by atoms with E-state index in [4.69, 9.17) is 4.74 Å². The summed E-state index contributed by atoms with van der Waals surface area (Å²) >= 11 is 1.67. The van der Waals surface area contributed by atoms with Gasteiger partial charge in [0.2, 0.25) is 0 Å². The maximum Gasteiger partial charge on any atom is 0.312 e. The number of ether oxygens (including phenoxy) is 1. The third-order valence-corrected chi connectivity index (χ3v) is 3.69. The fourth-order valence-corrected chi connectivity index (χ4v) is 2.22. The molecule has 0 bridgehead atoms. The zero-order valence-corrected chi connectivity index (χ0v) is 11.9. The van der Waals surface area contributed by atoms with E-state index in [1.165, 1.54) is 12.0 Å². The molecule has 0 radical (unpaired) electrons. The van der Waals surface area contributed by atoms with Gasteiger partial charge in [-0.15, -0.1) is 11.3 Å². The molecular formula is C12H20N2O2S. The molecule has 1 atom stereocenters. The number of nitrogens with zero attached hydrogens (tertiary/aromatic N) is 1. The zero-order chi connectivity index (χ0) is 13.1. The Balaban J connectivity index is 2.53. The van der Waals surface area contributed by atoms with Crippen molar-refractivity contribution in [2.75, 3.05) is 13.7 Å². The van der Waals surface area contributed by atoms with Crippen LogP contribution >= 0.6 is 11.3 Å². The molecule has 0 fully saturated rings. The van der Waals surface area contributed by atoms with Crippen molar-refractivity contribution in [1.82, 2.24) is 10.3 Å². The number of carbonyl (C=O) groups excluding carboxylic acids is 1. The molecule has 0 saturated carbocycles. The number of rotatable bonds is 5. The van der Waals surface area contributed by atoms with Crippen molar-refractivity contribution < 1.29 is 9.53 Å². The second kappa shape index (κ2) is 5.60. The van der Waals surface area contributed by atoms with E-state index in [1.807, 2.05) is 33.9 Å². The Morgan fingerprint density at radius 1 is 1.65 bits per heavy atom. The molecule has 0 aliphatic carbocycles. The van der Waals surface area contributed by atoms with Gasteiger partial charge in [0.25, 0.3) is 0 Å². The average Bonchev–Trinajstić information content (AvgIpc) is 2.71. The zero-order valence-electron chi connectivity index (χ0n) is 11.0. The molecule has 1 aromatic heterocycles. The van der Waals surface area contributed by atoms with Crippen LogP contribution in [0.2, 0.25) is 0 Å². The van der Waals surface area contributed by atoms with Gasteiger partial charge in [-0.05, 0) is 27.7 Å². The molecule has 1 heterocycles. The van der Waals surface area contributed by atoms with Gasteiger partial charge < -0.3 is 10.1 Å². The van der Waals surface area contributed by atoms with Crippen LogP contribution in [0.3, 0.4) is 0 Å². The standard InChI is InChI=1S/C12H20N2O2S/c1-8-6-13-10(17-8)9(2)14-7-12(3,4)11(15)16-5/h6,9,14H,7H2,1-5H3. The molecule has 0 spiro atoms. The van der Waals surface area contributed by atoms with E-state index < -0.39 is 5.41 Å². The molecule has 1 N–H and O–H groups in total. The largest absolute Gasteiger partial charge is 0.469 e. The summed E-state index contributed by atoms with van der Waals surface area (Å²) < 4.78 is 4.77. The lowest BCUT2D eigenvalue weighted by Gasteiger charge is -2.23. The summed E-state index contributed by atoms with van der Waals surface area (Å²) in [7, 11) is 1.41. The number of hydrogen-bond acceptors (Lipinski definition) is 5. The SMILES string of the molecule is COC(=O)C(C)(C)CNC(C)c1ncc(C)s1. The number of carbonyl (C=O) groups is 1. The molecule has 5 heteroatoms. The number of esters is 1. The van der Waals surface area contributed by atoms with Crippen molar-refractivity contribution in [3.05, 3.63) is 16.1 Å². The lowest BCUT2D eigenvalue weighted by atomic mass is 9.93. The lowest BCUT2D eigenvalue weighted by molar-refractivity contribution is -0.150. The van der Waals surface area contributed by atoms with Gasteiger partial charge in [0.15, 0.2) is 0 Å². The van der Waals surface area contributed by atoms with Gasteiger partial charge in [0, 0.05) is 17.6 Å². The molecule has 0 aliphatic heterocycles. The predicted octanol–water partition coefficient (Wildman–Crippen LogP) is 2.30. The fourth-order valence-electron chi connectivity index (χ4n) is 1.42. The van der Waals surface area contributed by atoms with Gasteiger partial charge in [0.05, 0.1) is 18.6 Å².